The summed E-state index contributed by atoms with van der Waals surface area (Å²) in [5.74, 6) is -0.0356. The number of hydrogen-bond acceptors (Lipinski definition) is 2. The van der Waals surface area contributed by atoms with Gasteiger partial charge in [0.2, 0.25) is 5.91 Å². The summed E-state index contributed by atoms with van der Waals surface area (Å²) in [4.78, 5) is 12.2. The van der Waals surface area contributed by atoms with Crippen LogP contribution >= 0.6 is 0 Å². The molecule has 0 aliphatic rings. The van der Waals surface area contributed by atoms with E-state index < -0.39 is 0 Å². The molecule has 2 aromatic carbocycles. The van der Waals surface area contributed by atoms with E-state index in [1.54, 1.807) is 6.26 Å². The first-order valence-electron chi connectivity index (χ1n) is 7.37. The highest BCUT2D eigenvalue weighted by molar-refractivity contribution is 5.95. The van der Waals surface area contributed by atoms with Gasteiger partial charge in [-0.05, 0) is 61.7 Å². The first kappa shape index (κ1) is 14.4. The summed E-state index contributed by atoms with van der Waals surface area (Å²) in [6.45, 7) is 6.13. The Morgan fingerprint density at radius 2 is 1.86 bits per heavy atom. The van der Waals surface area contributed by atoms with Gasteiger partial charge in [0.1, 0.15) is 5.58 Å². The Morgan fingerprint density at radius 1 is 1.09 bits per heavy atom. The van der Waals surface area contributed by atoms with Gasteiger partial charge >= 0.3 is 0 Å². The van der Waals surface area contributed by atoms with Gasteiger partial charge in [-0.25, -0.2) is 0 Å². The van der Waals surface area contributed by atoms with E-state index in [2.05, 4.69) is 25.2 Å². The van der Waals surface area contributed by atoms with Crippen LogP contribution in [0.3, 0.4) is 0 Å². The molecule has 3 aromatic rings. The molecule has 1 N–H and O–H groups in total. The Labute approximate surface area is 130 Å². The maximum atomic E-state index is 12.2. The zero-order chi connectivity index (χ0) is 15.7. The van der Waals surface area contributed by atoms with Crippen LogP contribution in [0.4, 0.5) is 5.69 Å². The standard InChI is InChI=1S/C19H19NO2/c1-12-5-4-6-16(7-12)20-19(21)10-15-11-22-18-9-14(3)13(2)8-17(15)18/h4-9,11H,10H2,1-3H3,(H,20,21). The van der Waals surface area contributed by atoms with E-state index >= 15 is 0 Å². The Morgan fingerprint density at radius 3 is 2.64 bits per heavy atom. The topological polar surface area (TPSA) is 42.2 Å². The van der Waals surface area contributed by atoms with Gasteiger partial charge in [0.15, 0.2) is 0 Å². The number of carbonyl (C=O) groups is 1. The number of aryl methyl sites for hydroxylation is 3. The molecule has 0 atom stereocenters. The quantitative estimate of drug-likeness (QED) is 0.770. The molecule has 3 nitrogen and oxygen atoms in total. The van der Waals surface area contributed by atoms with Gasteiger partial charge in [-0.15, -0.1) is 0 Å². The second kappa shape index (κ2) is 5.68. The molecule has 22 heavy (non-hydrogen) atoms. The zero-order valence-electron chi connectivity index (χ0n) is 13.1. The molecule has 0 bridgehead atoms. The zero-order valence-corrected chi connectivity index (χ0v) is 13.1. The lowest BCUT2D eigenvalue weighted by molar-refractivity contribution is -0.115. The number of furan rings is 1. The van der Waals surface area contributed by atoms with Crippen molar-refractivity contribution in [2.45, 2.75) is 27.2 Å². The van der Waals surface area contributed by atoms with Crippen molar-refractivity contribution in [3.8, 4) is 0 Å². The minimum atomic E-state index is -0.0356. The predicted octanol–water partition coefficient (Wildman–Crippen LogP) is 4.54. The molecule has 0 saturated carbocycles. The Kier molecular flexibility index (Phi) is 3.72. The number of anilines is 1. The van der Waals surface area contributed by atoms with Gasteiger partial charge in [-0.1, -0.05) is 12.1 Å². The van der Waals surface area contributed by atoms with Gasteiger partial charge in [-0.2, -0.15) is 0 Å². The van der Waals surface area contributed by atoms with Crippen LogP contribution in [-0.4, -0.2) is 5.91 Å². The van der Waals surface area contributed by atoms with Crippen LogP contribution in [-0.2, 0) is 11.2 Å². The minimum absolute atomic E-state index is 0.0356. The summed E-state index contributed by atoms with van der Waals surface area (Å²) in [5, 5.41) is 3.95. The Bertz CT molecular complexity index is 846. The lowest BCUT2D eigenvalue weighted by atomic mass is 10.0. The molecule has 3 rings (SSSR count). The number of benzene rings is 2. The fourth-order valence-corrected chi connectivity index (χ4v) is 2.57. The molecule has 0 spiro atoms. The average Bonchev–Trinajstić information content (AvgIpc) is 2.81. The minimum Gasteiger partial charge on any atom is -0.464 e. The number of carbonyl (C=O) groups excluding carboxylic acids is 1. The number of rotatable bonds is 3. The highest BCUT2D eigenvalue weighted by Crippen LogP contribution is 2.25. The number of nitrogens with one attached hydrogen (secondary N) is 1. The largest absolute Gasteiger partial charge is 0.464 e. The number of fused-ring (bicyclic) bond motifs is 1. The van der Waals surface area contributed by atoms with Crippen molar-refractivity contribution in [3.63, 3.8) is 0 Å². The van der Waals surface area contributed by atoms with E-state index in [1.807, 2.05) is 37.3 Å². The SMILES string of the molecule is Cc1cccc(NC(=O)Cc2coc3cc(C)c(C)cc23)c1. The Hall–Kier alpha value is -2.55. The van der Waals surface area contributed by atoms with Crippen LogP contribution in [0.15, 0.2) is 47.1 Å². The van der Waals surface area contributed by atoms with Crippen molar-refractivity contribution in [2.24, 2.45) is 0 Å². The van der Waals surface area contributed by atoms with Crippen LogP contribution < -0.4 is 5.32 Å². The predicted molar refractivity (Wildman–Crippen MR) is 89.2 cm³/mol. The third-order valence-electron chi connectivity index (χ3n) is 3.92. The van der Waals surface area contributed by atoms with Crippen LogP contribution in [0.1, 0.15) is 22.3 Å². The number of amides is 1. The summed E-state index contributed by atoms with van der Waals surface area (Å²) >= 11 is 0. The third-order valence-corrected chi connectivity index (χ3v) is 3.92. The first-order valence-corrected chi connectivity index (χ1v) is 7.37. The molecule has 0 saturated heterocycles. The highest BCUT2D eigenvalue weighted by Gasteiger charge is 2.12. The summed E-state index contributed by atoms with van der Waals surface area (Å²) in [6, 6.07) is 11.9. The lowest BCUT2D eigenvalue weighted by Gasteiger charge is -2.05. The summed E-state index contributed by atoms with van der Waals surface area (Å²) < 4.78 is 5.58. The van der Waals surface area contributed by atoms with E-state index in [9.17, 15) is 4.79 Å². The lowest BCUT2D eigenvalue weighted by Crippen LogP contribution is -2.14. The molecule has 3 heteroatoms. The smallest absolute Gasteiger partial charge is 0.228 e. The molecular weight excluding hydrogens is 274 g/mol. The molecule has 1 heterocycles. The second-order valence-electron chi connectivity index (χ2n) is 5.79. The van der Waals surface area contributed by atoms with Crippen molar-refractivity contribution >= 4 is 22.6 Å². The van der Waals surface area contributed by atoms with Gasteiger partial charge in [0.25, 0.3) is 0 Å². The van der Waals surface area contributed by atoms with E-state index in [1.165, 1.54) is 11.1 Å². The summed E-state index contributed by atoms with van der Waals surface area (Å²) in [7, 11) is 0. The molecule has 0 radical (unpaired) electrons. The van der Waals surface area contributed by atoms with Crippen LogP contribution in [0.25, 0.3) is 11.0 Å². The maximum absolute atomic E-state index is 12.2. The van der Waals surface area contributed by atoms with Crippen LogP contribution in [0, 0.1) is 20.8 Å². The van der Waals surface area contributed by atoms with Gasteiger partial charge < -0.3 is 9.73 Å². The van der Waals surface area contributed by atoms with Gasteiger partial charge in [-0.3, -0.25) is 4.79 Å². The molecule has 1 aromatic heterocycles. The van der Waals surface area contributed by atoms with Crippen molar-refractivity contribution in [3.05, 3.63) is 64.9 Å². The second-order valence-corrected chi connectivity index (χ2v) is 5.79. The molecule has 1 amide bonds. The van der Waals surface area contributed by atoms with Crippen molar-refractivity contribution < 1.29 is 9.21 Å². The van der Waals surface area contributed by atoms with E-state index in [0.717, 1.165) is 27.8 Å². The van der Waals surface area contributed by atoms with E-state index in [0.29, 0.717) is 6.42 Å². The van der Waals surface area contributed by atoms with E-state index in [-0.39, 0.29) is 5.91 Å². The summed E-state index contributed by atoms with van der Waals surface area (Å²) in [6.07, 6.45) is 1.99. The highest BCUT2D eigenvalue weighted by atomic mass is 16.3. The molecule has 0 fully saturated rings. The van der Waals surface area contributed by atoms with Crippen molar-refractivity contribution in [1.29, 1.82) is 0 Å². The molecule has 0 aliphatic heterocycles. The van der Waals surface area contributed by atoms with Gasteiger partial charge in [0, 0.05) is 16.6 Å². The van der Waals surface area contributed by atoms with Crippen LogP contribution in [0.2, 0.25) is 0 Å². The Balaban J connectivity index is 1.81. The fourth-order valence-electron chi connectivity index (χ4n) is 2.57. The van der Waals surface area contributed by atoms with Crippen molar-refractivity contribution in [1.82, 2.24) is 0 Å². The first-order chi connectivity index (χ1) is 10.5. The monoisotopic (exact) mass is 293 g/mol. The van der Waals surface area contributed by atoms with Crippen molar-refractivity contribution in [2.75, 3.05) is 5.32 Å². The molecular formula is C19H19NO2. The summed E-state index contributed by atoms with van der Waals surface area (Å²) in [5.41, 5.74) is 6.10. The average molecular weight is 293 g/mol. The normalized spacial score (nSPS) is 10.9. The molecule has 0 aliphatic carbocycles. The fraction of sp³-hybridized carbons (Fsp3) is 0.211. The molecule has 0 unspecified atom stereocenters. The van der Waals surface area contributed by atoms with E-state index in [4.69, 9.17) is 4.42 Å². The van der Waals surface area contributed by atoms with Crippen LogP contribution in [0.5, 0.6) is 0 Å². The maximum Gasteiger partial charge on any atom is 0.228 e. The molecule has 112 valence electrons. The number of hydrogen-bond donors (Lipinski definition) is 1. The third kappa shape index (κ3) is 2.89. The van der Waals surface area contributed by atoms with Gasteiger partial charge in [0.05, 0.1) is 12.7 Å².